The van der Waals surface area contributed by atoms with E-state index in [1.807, 2.05) is 19.1 Å². The summed E-state index contributed by atoms with van der Waals surface area (Å²) in [6.45, 7) is 9.21. The van der Waals surface area contributed by atoms with Crippen LogP contribution in [-0.4, -0.2) is 36.6 Å². The third-order valence-electron chi connectivity index (χ3n) is 6.50. The Labute approximate surface area is 192 Å². The van der Waals surface area contributed by atoms with Crippen LogP contribution in [0, 0.1) is 12.3 Å². The molecule has 0 bridgehead atoms. The molecule has 0 spiro atoms. The molecule has 0 radical (unpaired) electrons. The molecule has 0 aliphatic carbocycles. The molecule has 168 valence electrons. The van der Waals surface area contributed by atoms with Crippen LogP contribution in [0.2, 0.25) is 0 Å². The molecule has 1 atom stereocenters. The number of aromatic nitrogens is 1. The number of aryl methyl sites for hydroxylation is 1. The molecule has 4 heterocycles. The Kier molecular flexibility index (Phi) is 5.24. The molecule has 0 saturated carbocycles. The average Bonchev–Trinajstić information content (AvgIpc) is 3.08. The Morgan fingerprint density at radius 1 is 1.31 bits per heavy atom. The summed E-state index contributed by atoms with van der Waals surface area (Å²) in [6.07, 6.45) is 3.23. The summed E-state index contributed by atoms with van der Waals surface area (Å²) in [7, 11) is 0. The van der Waals surface area contributed by atoms with Crippen LogP contribution in [0.1, 0.15) is 47.6 Å². The first kappa shape index (κ1) is 21.1. The number of benzene rings is 1. The largest absolute Gasteiger partial charge is 0.491 e. The maximum absolute atomic E-state index is 13.0. The molecule has 0 unspecified atom stereocenters. The van der Waals surface area contributed by atoms with Gasteiger partial charge < -0.3 is 20.7 Å². The highest BCUT2D eigenvalue weighted by atomic mass is 32.1. The second kappa shape index (κ2) is 7.96. The molecule has 32 heavy (non-hydrogen) atoms. The molecular formula is C25H30N4O2S. The van der Waals surface area contributed by atoms with Crippen molar-refractivity contribution in [3.05, 3.63) is 46.5 Å². The molecule has 3 N–H and O–H groups in total. The molecule has 2 aliphatic rings. The van der Waals surface area contributed by atoms with Crippen LogP contribution in [0.25, 0.3) is 10.2 Å². The number of carbonyl (C=O) groups excluding carboxylic acids is 1. The Bertz CT molecular complexity index is 1190. The number of amides is 1. The van der Waals surface area contributed by atoms with E-state index < -0.39 is 0 Å². The number of thiophene rings is 1. The lowest BCUT2D eigenvalue weighted by atomic mass is 9.84. The first-order valence-electron chi connectivity index (χ1n) is 11.3. The van der Waals surface area contributed by atoms with Gasteiger partial charge in [-0.05, 0) is 55.4 Å². The molecular weight excluding hydrogens is 420 g/mol. The number of carbonyl (C=O) groups is 1. The van der Waals surface area contributed by atoms with E-state index in [0.717, 1.165) is 46.7 Å². The van der Waals surface area contributed by atoms with E-state index in [2.05, 4.69) is 47.2 Å². The highest BCUT2D eigenvalue weighted by Gasteiger charge is 2.28. The van der Waals surface area contributed by atoms with Crippen LogP contribution in [-0.2, 0) is 6.42 Å². The van der Waals surface area contributed by atoms with E-state index in [-0.39, 0.29) is 11.9 Å². The van der Waals surface area contributed by atoms with Gasteiger partial charge in [-0.15, -0.1) is 11.3 Å². The van der Waals surface area contributed by atoms with E-state index in [9.17, 15) is 4.79 Å². The summed E-state index contributed by atoms with van der Waals surface area (Å²) < 4.78 is 6.08. The van der Waals surface area contributed by atoms with Crippen LogP contribution >= 0.6 is 11.3 Å². The molecule has 2 aliphatic heterocycles. The van der Waals surface area contributed by atoms with Gasteiger partial charge in [0.2, 0.25) is 0 Å². The second-order valence-electron chi connectivity index (χ2n) is 9.82. The SMILES string of the molecule is Cc1ccc2c(N)c(C(=O)N[C@H]3COc4cc(N5CCCC(C)(C)C5)ccc4C3)sc2n1. The summed E-state index contributed by atoms with van der Waals surface area (Å²) in [4.78, 5) is 21.2. The highest BCUT2D eigenvalue weighted by Crippen LogP contribution is 2.36. The minimum absolute atomic E-state index is 0.0888. The summed E-state index contributed by atoms with van der Waals surface area (Å²) in [6, 6.07) is 10.2. The summed E-state index contributed by atoms with van der Waals surface area (Å²) >= 11 is 1.34. The quantitative estimate of drug-likeness (QED) is 0.612. The summed E-state index contributed by atoms with van der Waals surface area (Å²) in [5.41, 5.74) is 10.4. The number of nitrogens with zero attached hydrogens (tertiary/aromatic N) is 2. The Hall–Kier alpha value is -2.80. The fraction of sp³-hybridized carbons (Fsp3) is 0.440. The molecule has 1 amide bonds. The van der Waals surface area contributed by atoms with Gasteiger partial charge in [0.15, 0.2) is 0 Å². The van der Waals surface area contributed by atoms with Crippen molar-refractivity contribution < 1.29 is 9.53 Å². The van der Waals surface area contributed by atoms with Crippen molar-refractivity contribution in [3.8, 4) is 5.75 Å². The van der Waals surface area contributed by atoms with E-state index >= 15 is 0 Å². The predicted molar refractivity (Wildman–Crippen MR) is 131 cm³/mol. The number of hydrogen-bond donors (Lipinski definition) is 2. The van der Waals surface area contributed by atoms with Gasteiger partial charge in [0.25, 0.3) is 5.91 Å². The Morgan fingerprint density at radius 2 is 2.16 bits per heavy atom. The molecule has 7 heteroatoms. The van der Waals surface area contributed by atoms with Crippen molar-refractivity contribution in [3.63, 3.8) is 0 Å². The van der Waals surface area contributed by atoms with Crippen molar-refractivity contribution in [1.82, 2.24) is 10.3 Å². The molecule has 2 aromatic heterocycles. The Balaban J connectivity index is 1.29. The zero-order valence-corrected chi connectivity index (χ0v) is 19.7. The first-order valence-corrected chi connectivity index (χ1v) is 12.1. The minimum Gasteiger partial charge on any atom is -0.491 e. The van der Waals surface area contributed by atoms with Crippen molar-refractivity contribution in [2.45, 2.75) is 46.1 Å². The van der Waals surface area contributed by atoms with Gasteiger partial charge >= 0.3 is 0 Å². The number of nitrogen functional groups attached to an aromatic ring is 1. The van der Waals surface area contributed by atoms with Crippen molar-refractivity contribution in [2.24, 2.45) is 5.41 Å². The molecule has 3 aromatic rings. The van der Waals surface area contributed by atoms with Gasteiger partial charge in [-0.1, -0.05) is 19.9 Å². The van der Waals surface area contributed by atoms with Crippen molar-refractivity contribution >= 4 is 38.8 Å². The maximum Gasteiger partial charge on any atom is 0.263 e. The highest BCUT2D eigenvalue weighted by molar-refractivity contribution is 7.21. The number of hydrogen-bond acceptors (Lipinski definition) is 6. The fourth-order valence-electron chi connectivity index (χ4n) is 4.80. The minimum atomic E-state index is -0.160. The lowest BCUT2D eigenvalue weighted by Gasteiger charge is -2.40. The molecule has 1 aromatic carbocycles. The molecule has 5 rings (SSSR count). The average molecular weight is 451 g/mol. The van der Waals surface area contributed by atoms with Crippen LogP contribution in [0.3, 0.4) is 0 Å². The van der Waals surface area contributed by atoms with Crippen LogP contribution in [0.15, 0.2) is 30.3 Å². The fourth-order valence-corrected chi connectivity index (χ4v) is 5.85. The van der Waals surface area contributed by atoms with E-state index in [4.69, 9.17) is 10.5 Å². The Morgan fingerprint density at radius 3 is 2.97 bits per heavy atom. The second-order valence-corrected chi connectivity index (χ2v) is 10.8. The van der Waals surface area contributed by atoms with E-state index in [0.29, 0.717) is 22.6 Å². The number of ether oxygens (including phenoxy) is 1. The van der Waals surface area contributed by atoms with Gasteiger partial charge in [0, 0.05) is 35.9 Å². The zero-order valence-electron chi connectivity index (χ0n) is 18.9. The molecule has 1 saturated heterocycles. The van der Waals surface area contributed by atoms with Crippen LogP contribution in [0.4, 0.5) is 11.4 Å². The number of rotatable bonds is 3. The lowest BCUT2D eigenvalue weighted by molar-refractivity contribution is 0.0920. The normalized spacial score (nSPS) is 20.0. The third kappa shape index (κ3) is 4.01. The van der Waals surface area contributed by atoms with E-state index in [1.165, 1.54) is 29.9 Å². The standard InChI is InChI=1S/C25H30N4O2S/c1-15-5-8-19-21(26)22(32-24(19)27-15)23(30)28-17-11-16-6-7-18(12-20(16)31-13-17)29-10-4-9-25(2,3)14-29/h5-8,12,17H,4,9-11,13-14,26H2,1-3H3,(H,28,30)/t17-/m1/s1. The van der Waals surface area contributed by atoms with Gasteiger partial charge in [0.1, 0.15) is 22.1 Å². The van der Waals surface area contributed by atoms with Crippen molar-refractivity contribution in [1.29, 1.82) is 0 Å². The summed E-state index contributed by atoms with van der Waals surface area (Å²) in [5, 5.41) is 3.95. The van der Waals surface area contributed by atoms with Crippen LogP contribution in [0.5, 0.6) is 5.75 Å². The topological polar surface area (TPSA) is 80.5 Å². The number of pyridine rings is 1. The monoisotopic (exact) mass is 450 g/mol. The van der Waals surface area contributed by atoms with Crippen molar-refractivity contribution in [2.75, 3.05) is 30.3 Å². The van der Waals surface area contributed by atoms with Crippen LogP contribution < -0.4 is 20.7 Å². The third-order valence-corrected chi connectivity index (χ3v) is 7.61. The van der Waals surface area contributed by atoms with Gasteiger partial charge in [-0.25, -0.2) is 4.98 Å². The number of nitrogens with one attached hydrogen (secondary N) is 1. The van der Waals surface area contributed by atoms with Gasteiger partial charge in [-0.2, -0.15) is 0 Å². The first-order chi connectivity index (χ1) is 15.3. The van der Waals surface area contributed by atoms with E-state index in [1.54, 1.807) is 0 Å². The number of piperidine rings is 1. The molecule has 1 fully saturated rings. The van der Waals surface area contributed by atoms with Gasteiger partial charge in [-0.3, -0.25) is 4.79 Å². The van der Waals surface area contributed by atoms with Gasteiger partial charge in [0.05, 0.1) is 11.7 Å². The summed E-state index contributed by atoms with van der Waals surface area (Å²) in [5.74, 6) is 0.768. The number of fused-ring (bicyclic) bond motifs is 2. The lowest BCUT2D eigenvalue weighted by Crippen LogP contribution is -2.43. The number of nitrogens with two attached hydrogens (primary N) is 1. The molecule has 6 nitrogen and oxygen atoms in total. The number of anilines is 2. The zero-order chi connectivity index (χ0) is 22.5. The smallest absolute Gasteiger partial charge is 0.263 e. The maximum atomic E-state index is 13.0. The predicted octanol–water partition coefficient (Wildman–Crippen LogP) is 4.55.